The Bertz CT molecular complexity index is 1020. The maximum absolute atomic E-state index is 13.1. The van der Waals surface area contributed by atoms with Gasteiger partial charge >= 0.3 is 0 Å². The average Bonchev–Trinajstić information content (AvgIpc) is 3.23. The van der Waals surface area contributed by atoms with E-state index in [9.17, 15) is 12.8 Å². The van der Waals surface area contributed by atoms with Crippen molar-refractivity contribution in [3.63, 3.8) is 0 Å². The molecule has 1 unspecified atom stereocenters. The van der Waals surface area contributed by atoms with E-state index in [1.54, 1.807) is 35.7 Å². The van der Waals surface area contributed by atoms with Crippen LogP contribution in [0.1, 0.15) is 24.5 Å². The number of piperidine rings is 1. The molecule has 4 rings (SSSR count). The highest BCUT2D eigenvalue weighted by Gasteiger charge is 2.32. The summed E-state index contributed by atoms with van der Waals surface area (Å²) in [6.45, 7) is 0.733. The molecule has 0 amide bonds. The SMILES string of the molecule is O=S(=O)(c1ccc(F)cc1)N1CCCC(c2nccnc2-n2ccnc2)C1. The van der Waals surface area contributed by atoms with Crippen LogP contribution in [0.3, 0.4) is 0 Å². The Morgan fingerprint density at radius 1 is 1.07 bits per heavy atom. The minimum Gasteiger partial charge on any atom is -0.289 e. The second kappa shape index (κ2) is 7.16. The molecule has 1 saturated heterocycles. The minimum atomic E-state index is -3.69. The highest BCUT2D eigenvalue weighted by molar-refractivity contribution is 7.89. The number of aromatic nitrogens is 4. The Balaban J connectivity index is 1.64. The lowest BCUT2D eigenvalue weighted by Gasteiger charge is -2.32. The first kappa shape index (κ1) is 17.7. The van der Waals surface area contributed by atoms with Gasteiger partial charge in [0.15, 0.2) is 5.82 Å². The third kappa shape index (κ3) is 3.47. The minimum absolute atomic E-state index is 0.0833. The molecule has 0 N–H and O–H groups in total. The van der Waals surface area contributed by atoms with Crippen molar-refractivity contribution in [3.05, 3.63) is 66.9 Å². The summed E-state index contributed by atoms with van der Waals surface area (Å²) in [7, 11) is -3.69. The van der Waals surface area contributed by atoms with Crippen molar-refractivity contribution in [2.75, 3.05) is 13.1 Å². The largest absolute Gasteiger partial charge is 0.289 e. The second-order valence-electron chi connectivity index (χ2n) is 6.39. The fourth-order valence-electron chi connectivity index (χ4n) is 3.35. The topological polar surface area (TPSA) is 81.0 Å². The zero-order valence-corrected chi connectivity index (χ0v) is 15.3. The zero-order valence-electron chi connectivity index (χ0n) is 14.4. The molecule has 0 bridgehead atoms. The van der Waals surface area contributed by atoms with E-state index < -0.39 is 15.8 Å². The van der Waals surface area contributed by atoms with Gasteiger partial charge in [-0.1, -0.05) is 0 Å². The average molecular weight is 387 g/mol. The van der Waals surface area contributed by atoms with E-state index in [-0.39, 0.29) is 10.8 Å². The van der Waals surface area contributed by atoms with Crippen molar-refractivity contribution in [3.8, 4) is 5.82 Å². The Morgan fingerprint density at radius 3 is 2.59 bits per heavy atom. The number of nitrogens with zero attached hydrogens (tertiary/aromatic N) is 5. The van der Waals surface area contributed by atoms with Gasteiger partial charge in [0, 0.05) is 43.8 Å². The molecule has 0 radical (unpaired) electrons. The molecule has 27 heavy (non-hydrogen) atoms. The number of benzene rings is 1. The monoisotopic (exact) mass is 387 g/mol. The van der Waals surface area contributed by atoms with Gasteiger partial charge in [0.25, 0.3) is 0 Å². The number of imidazole rings is 1. The lowest BCUT2D eigenvalue weighted by atomic mass is 9.95. The number of sulfonamides is 1. The summed E-state index contributed by atoms with van der Waals surface area (Å²) in [5.41, 5.74) is 0.745. The summed E-state index contributed by atoms with van der Waals surface area (Å²) in [6.07, 6.45) is 9.83. The Kier molecular flexibility index (Phi) is 4.71. The molecule has 0 aliphatic carbocycles. The smallest absolute Gasteiger partial charge is 0.243 e. The molecule has 1 atom stereocenters. The molecule has 3 aromatic rings. The Morgan fingerprint density at radius 2 is 1.85 bits per heavy atom. The van der Waals surface area contributed by atoms with E-state index in [1.807, 2.05) is 0 Å². The summed E-state index contributed by atoms with van der Waals surface area (Å²) < 4.78 is 42.2. The lowest BCUT2D eigenvalue weighted by Crippen LogP contribution is -2.39. The van der Waals surface area contributed by atoms with E-state index in [4.69, 9.17) is 0 Å². The van der Waals surface area contributed by atoms with Crippen LogP contribution in [0.15, 0.2) is 60.3 Å². The van der Waals surface area contributed by atoms with Crippen molar-refractivity contribution >= 4 is 10.0 Å². The molecular formula is C18H18FN5O2S. The van der Waals surface area contributed by atoms with Crippen LogP contribution < -0.4 is 0 Å². The van der Waals surface area contributed by atoms with Gasteiger partial charge in [-0.3, -0.25) is 9.55 Å². The van der Waals surface area contributed by atoms with Crippen molar-refractivity contribution in [1.82, 2.24) is 23.8 Å². The molecule has 3 heterocycles. The van der Waals surface area contributed by atoms with E-state index >= 15 is 0 Å². The first-order valence-electron chi connectivity index (χ1n) is 8.60. The molecule has 1 aromatic carbocycles. The maximum atomic E-state index is 13.1. The third-order valence-electron chi connectivity index (χ3n) is 4.68. The van der Waals surface area contributed by atoms with Crippen molar-refractivity contribution < 1.29 is 12.8 Å². The van der Waals surface area contributed by atoms with Crippen LogP contribution in [0.25, 0.3) is 5.82 Å². The zero-order chi connectivity index (χ0) is 18.9. The van der Waals surface area contributed by atoms with Crippen molar-refractivity contribution in [2.24, 2.45) is 0 Å². The molecule has 1 aliphatic heterocycles. The third-order valence-corrected chi connectivity index (χ3v) is 6.56. The fourth-order valence-corrected chi connectivity index (χ4v) is 4.88. The highest BCUT2D eigenvalue weighted by Crippen LogP contribution is 2.31. The molecule has 0 saturated carbocycles. The molecule has 0 spiro atoms. The normalized spacial score (nSPS) is 18.5. The van der Waals surface area contributed by atoms with E-state index in [0.29, 0.717) is 25.3 Å². The van der Waals surface area contributed by atoms with Gasteiger partial charge in [-0.25, -0.2) is 22.8 Å². The van der Waals surface area contributed by atoms with Crippen LogP contribution in [0, 0.1) is 5.82 Å². The van der Waals surface area contributed by atoms with E-state index in [1.165, 1.54) is 16.4 Å². The fraction of sp³-hybridized carbons (Fsp3) is 0.278. The van der Waals surface area contributed by atoms with E-state index in [0.717, 1.165) is 24.2 Å². The predicted octanol–water partition coefficient (Wildman–Crippen LogP) is 2.37. The van der Waals surface area contributed by atoms with Crippen molar-refractivity contribution in [2.45, 2.75) is 23.7 Å². The Labute approximate surface area is 156 Å². The van der Waals surface area contributed by atoms with Gasteiger partial charge in [-0.05, 0) is 37.1 Å². The second-order valence-corrected chi connectivity index (χ2v) is 8.33. The standard InChI is InChI=1S/C18H18FN5O2S/c19-15-3-5-16(6-4-15)27(25,26)24-10-1-2-14(12-24)17-18(22-8-7-21-17)23-11-9-20-13-23/h3-9,11,13-14H,1-2,10,12H2. The first-order valence-corrected chi connectivity index (χ1v) is 10.0. The first-order chi connectivity index (χ1) is 13.1. The Hall–Kier alpha value is -2.65. The van der Waals surface area contributed by atoms with Crippen molar-refractivity contribution in [1.29, 1.82) is 0 Å². The number of rotatable bonds is 4. The predicted molar refractivity (Wildman–Crippen MR) is 96.3 cm³/mol. The maximum Gasteiger partial charge on any atom is 0.243 e. The van der Waals surface area contributed by atoms with Gasteiger partial charge < -0.3 is 0 Å². The number of hydrogen-bond donors (Lipinski definition) is 0. The van der Waals surface area contributed by atoms with Crippen LogP contribution in [-0.2, 0) is 10.0 Å². The molecular weight excluding hydrogens is 369 g/mol. The number of hydrogen-bond acceptors (Lipinski definition) is 5. The van der Waals surface area contributed by atoms with Crippen LogP contribution in [-0.4, -0.2) is 45.3 Å². The number of halogens is 1. The molecule has 9 heteroatoms. The highest BCUT2D eigenvalue weighted by atomic mass is 32.2. The molecule has 7 nitrogen and oxygen atoms in total. The molecule has 2 aromatic heterocycles. The van der Waals surface area contributed by atoms with Crippen LogP contribution in [0.4, 0.5) is 4.39 Å². The van der Waals surface area contributed by atoms with Gasteiger partial charge in [-0.2, -0.15) is 4.31 Å². The van der Waals surface area contributed by atoms with Crippen LogP contribution >= 0.6 is 0 Å². The molecule has 1 aliphatic rings. The quantitative estimate of drug-likeness (QED) is 0.687. The van der Waals surface area contributed by atoms with Gasteiger partial charge in [-0.15, -0.1) is 0 Å². The van der Waals surface area contributed by atoms with Crippen LogP contribution in [0.2, 0.25) is 0 Å². The molecule has 140 valence electrons. The van der Waals surface area contributed by atoms with E-state index in [2.05, 4.69) is 15.0 Å². The summed E-state index contributed by atoms with van der Waals surface area (Å²) in [6, 6.07) is 4.92. The van der Waals surface area contributed by atoms with Gasteiger partial charge in [0.2, 0.25) is 10.0 Å². The van der Waals surface area contributed by atoms with Crippen LogP contribution in [0.5, 0.6) is 0 Å². The summed E-state index contributed by atoms with van der Waals surface area (Å²) >= 11 is 0. The molecule has 1 fully saturated rings. The summed E-state index contributed by atoms with van der Waals surface area (Å²) in [5, 5.41) is 0. The van der Waals surface area contributed by atoms with Gasteiger partial charge in [0.05, 0.1) is 10.6 Å². The lowest BCUT2D eigenvalue weighted by molar-refractivity contribution is 0.312. The van der Waals surface area contributed by atoms with Gasteiger partial charge in [0.1, 0.15) is 12.1 Å². The summed E-state index contributed by atoms with van der Waals surface area (Å²) in [4.78, 5) is 13.0. The summed E-state index contributed by atoms with van der Waals surface area (Å²) in [5.74, 6) is 0.108.